The van der Waals surface area contributed by atoms with Crippen molar-refractivity contribution >= 4 is 27.6 Å². The zero-order chi connectivity index (χ0) is 19.5. The van der Waals surface area contributed by atoms with Gasteiger partial charge < -0.3 is 4.74 Å². The van der Waals surface area contributed by atoms with E-state index in [1.54, 1.807) is 0 Å². The molecule has 2 aromatic rings. The van der Waals surface area contributed by atoms with Gasteiger partial charge in [-0.25, -0.2) is 17.9 Å². The summed E-state index contributed by atoms with van der Waals surface area (Å²) < 4.78 is 70.2. The van der Waals surface area contributed by atoms with Crippen LogP contribution in [0.15, 0.2) is 47.4 Å². The van der Waals surface area contributed by atoms with Gasteiger partial charge in [0.2, 0.25) is 10.0 Å². The zero-order valence-corrected chi connectivity index (χ0v) is 14.9. The number of carbonyl (C=O) groups excluding carboxylic acids is 1. The van der Waals surface area contributed by atoms with E-state index in [4.69, 9.17) is 11.6 Å². The Hall–Kier alpha value is -2.10. The minimum atomic E-state index is -4.66. The third-order valence-corrected chi connectivity index (χ3v) is 5.17. The van der Waals surface area contributed by atoms with Gasteiger partial charge in [0.15, 0.2) is 0 Å². The van der Waals surface area contributed by atoms with Crippen LogP contribution in [0.3, 0.4) is 0 Å². The summed E-state index contributed by atoms with van der Waals surface area (Å²) in [6.07, 6.45) is -4.66. The minimum Gasteiger partial charge on any atom is -0.465 e. The fourth-order valence-electron chi connectivity index (χ4n) is 2.14. The lowest BCUT2D eigenvalue weighted by Gasteiger charge is -2.13. The average Bonchev–Trinajstić information content (AvgIpc) is 2.59. The summed E-state index contributed by atoms with van der Waals surface area (Å²) in [6, 6.07) is 8.40. The van der Waals surface area contributed by atoms with E-state index in [1.807, 2.05) is 0 Å². The van der Waals surface area contributed by atoms with Crippen LogP contribution < -0.4 is 4.72 Å². The lowest BCUT2D eigenvalue weighted by molar-refractivity contribution is -0.137. The summed E-state index contributed by atoms with van der Waals surface area (Å²) in [6.45, 7) is -0.419. The predicted molar refractivity (Wildman–Crippen MR) is 88.3 cm³/mol. The Bertz CT molecular complexity index is 929. The smallest absolute Gasteiger partial charge is 0.417 e. The van der Waals surface area contributed by atoms with Crippen LogP contribution in [0.5, 0.6) is 0 Å². The molecule has 10 heteroatoms. The highest BCUT2D eigenvalue weighted by Gasteiger charge is 2.33. The molecule has 0 fully saturated rings. The van der Waals surface area contributed by atoms with Gasteiger partial charge in [-0.1, -0.05) is 29.8 Å². The van der Waals surface area contributed by atoms with Gasteiger partial charge in [-0.2, -0.15) is 13.2 Å². The van der Waals surface area contributed by atoms with Crippen molar-refractivity contribution in [3.63, 3.8) is 0 Å². The number of carbonyl (C=O) groups is 1. The number of rotatable bonds is 5. The van der Waals surface area contributed by atoms with Gasteiger partial charge in [-0.15, -0.1) is 0 Å². The van der Waals surface area contributed by atoms with E-state index in [-0.39, 0.29) is 16.0 Å². The highest BCUT2D eigenvalue weighted by Crippen LogP contribution is 2.35. The number of halogens is 4. The van der Waals surface area contributed by atoms with Crippen molar-refractivity contribution < 1.29 is 31.1 Å². The van der Waals surface area contributed by atoms with Gasteiger partial charge in [0.25, 0.3) is 0 Å². The molecule has 2 aromatic carbocycles. The number of esters is 1. The maximum Gasteiger partial charge on any atom is 0.417 e. The fraction of sp³-hybridized carbons (Fsp3) is 0.188. The molecular formula is C16H13ClF3NO4S. The van der Waals surface area contributed by atoms with Crippen LogP contribution in [-0.2, 0) is 27.5 Å². The van der Waals surface area contributed by atoms with E-state index in [0.29, 0.717) is 0 Å². The molecule has 0 unspecified atom stereocenters. The largest absolute Gasteiger partial charge is 0.465 e. The number of hydrogen-bond donors (Lipinski definition) is 1. The number of methoxy groups -OCH3 is 1. The van der Waals surface area contributed by atoms with Crippen molar-refractivity contribution in [2.75, 3.05) is 7.11 Å². The summed E-state index contributed by atoms with van der Waals surface area (Å²) >= 11 is 5.53. The van der Waals surface area contributed by atoms with Gasteiger partial charge in [-0.3, -0.25) is 0 Å². The van der Waals surface area contributed by atoms with E-state index >= 15 is 0 Å². The Balaban J connectivity index is 2.29. The Morgan fingerprint density at radius 2 is 1.85 bits per heavy atom. The number of benzene rings is 2. The molecule has 0 aliphatic heterocycles. The standard InChI is InChI=1S/C16H13ClF3NO4S/c1-25-15(22)11-4-2-3-5-14(11)26(23,24)21-9-10-6-7-13(17)12(8-10)16(18,19)20/h2-8,21H,9H2,1H3. The molecule has 5 nitrogen and oxygen atoms in total. The Morgan fingerprint density at radius 3 is 2.46 bits per heavy atom. The SMILES string of the molecule is COC(=O)c1ccccc1S(=O)(=O)NCc1ccc(Cl)c(C(F)(F)F)c1. The van der Waals surface area contributed by atoms with Crippen LogP contribution in [0.4, 0.5) is 13.2 Å². The second kappa shape index (κ2) is 7.65. The molecule has 0 saturated heterocycles. The van der Waals surface area contributed by atoms with Crippen LogP contribution in [0.25, 0.3) is 0 Å². The normalized spacial score (nSPS) is 12.0. The maximum atomic E-state index is 12.9. The topological polar surface area (TPSA) is 72.5 Å². The molecule has 0 atom stereocenters. The second-order valence-electron chi connectivity index (χ2n) is 5.12. The molecule has 26 heavy (non-hydrogen) atoms. The summed E-state index contributed by atoms with van der Waals surface area (Å²) in [4.78, 5) is 11.4. The third-order valence-electron chi connectivity index (χ3n) is 3.38. The minimum absolute atomic E-state index is 0.0563. The van der Waals surface area contributed by atoms with Gasteiger partial charge in [-0.05, 0) is 29.8 Å². The summed E-state index contributed by atoms with van der Waals surface area (Å²) in [5, 5.41) is -0.486. The van der Waals surface area contributed by atoms with E-state index in [2.05, 4.69) is 9.46 Å². The van der Waals surface area contributed by atoms with Crippen LogP contribution in [0, 0.1) is 0 Å². The first-order chi connectivity index (χ1) is 12.1. The fourth-order valence-corrected chi connectivity index (χ4v) is 3.57. The molecule has 2 rings (SSSR count). The van der Waals surface area contributed by atoms with Crippen LogP contribution >= 0.6 is 11.6 Å². The van der Waals surface area contributed by atoms with E-state index in [0.717, 1.165) is 19.2 Å². The maximum absolute atomic E-state index is 12.9. The van der Waals surface area contributed by atoms with Crippen molar-refractivity contribution in [3.8, 4) is 0 Å². The molecule has 1 N–H and O–H groups in total. The quantitative estimate of drug-likeness (QED) is 0.768. The first-order valence-corrected chi connectivity index (χ1v) is 8.95. The monoisotopic (exact) mass is 407 g/mol. The molecule has 0 aromatic heterocycles. The zero-order valence-electron chi connectivity index (χ0n) is 13.3. The van der Waals surface area contributed by atoms with Crippen molar-refractivity contribution in [2.24, 2.45) is 0 Å². The summed E-state index contributed by atoms with van der Waals surface area (Å²) in [7, 11) is -3.07. The lowest BCUT2D eigenvalue weighted by Crippen LogP contribution is -2.25. The highest BCUT2D eigenvalue weighted by molar-refractivity contribution is 7.89. The lowest BCUT2D eigenvalue weighted by atomic mass is 10.1. The van der Waals surface area contributed by atoms with Gasteiger partial charge in [0.05, 0.1) is 28.2 Å². The highest BCUT2D eigenvalue weighted by atomic mass is 35.5. The number of hydrogen-bond acceptors (Lipinski definition) is 4. The second-order valence-corrected chi connectivity index (χ2v) is 7.27. The summed E-state index contributed by atoms with van der Waals surface area (Å²) in [5.41, 5.74) is -1.19. The van der Waals surface area contributed by atoms with Crippen LogP contribution in [0.2, 0.25) is 5.02 Å². The number of ether oxygens (including phenoxy) is 1. The summed E-state index contributed by atoms with van der Waals surface area (Å²) in [5.74, 6) is -0.850. The Morgan fingerprint density at radius 1 is 1.19 bits per heavy atom. The van der Waals surface area contributed by atoms with E-state index < -0.39 is 39.3 Å². The van der Waals surface area contributed by atoms with E-state index in [1.165, 1.54) is 30.3 Å². The Labute approximate surface area is 152 Å². The van der Waals surface area contributed by atoms with Gasteiger partial charge in [0, 0.05) is 6.54 Å². The predicted octanol–water partition coefficient (Wildman–Crippen LogP) is 3.62. The molecule has 140 valence electrons. The number of sulfonamides is 1. The number of alkyl halides is 3. The van der Waals surface area contributed by atoms with Gasteiger partial charge >= 0.3 is 12.1 Å². The van der Waals surface area contributed by atoms with Crippen molar-refractivity contribution in [2.45, 2.75) is 17.6 Å². The molecule has 0 aliphatic rings. The molecule has 0 spiro atoms. The van der Waals surface area contributed by atoms with Crippen molar-refractivity contribution in [3.05, 3.63) is 64.2 Å². The van der Waals surface area contributed by atoms with Crippen molar-refractivity contribution in [1.82, 2.24) is 4.72 Å². The van der Waals surface area contributed by atoms with Gasteiger partial charge in [0.1, 0.15) is 0 Å². The molecule has 0 radical (unpaired) electrons. The average molecular weight is 408 g/mol. The molecule has 0 heterocycles. The van der Waals surface area contributed by atoms with Crippen molar-refractivity contribution in [1.29, 1.82) is 0 Å². The first-order valence-electron chi connectivity index (χ1n) is 7.09. The van der Waals surface area contributed by atoms with E-state index in [9.17, 15) is 26.4 Å². The first kappa shape index (κ1) is 20.2. The third kappa shape index (κ3) is 4.54. The van der Waals surface area contributed by atoms with Crippen LogP contribution in [-0.4, -0.2) is 21.5 Å². The molecule has 0 amide bonds. The molecule has 0 saturated carbocycles. The molecule has 0 aliphatic carbocycles. The van der Waals surface area contributed by atoms with Crippen LogP contribution in [0.1, 0.15) is 21.5 Å². The number of nitrogens with one attached hydrogen (secondary N) is 1. The molecular weight excluding hydrogens is 395 g/mol. The Kier molecular flexibility index (Phi) is 5.94. The molecule has 0 bridgehead atoms.